The van der Waals surface area contributed by atoms with Crippen molar-refractivity contribution in [2.45, 2.75) is 6.54 Å². The molecule has 0 spiro atoms. The Morgan fingerprint density at radius 3 is 2.50 bits per heavy atom. The van der Waals surface area contributed by atoms with Crippen molar-refractivity contribution in [3.63, 3.8) is 0 Å². The Bertz CT molecular complexity index is 328. The second-order valence-corrected chi connectivity index (χ2v) is 3.68. The highest BCUT2D eigenvalue weighted by Gasteiger charge is 2.17. The third-order valence-corrected chi connectivity index (χ3v) is 2.03. The molecule has 0 heterocycles. The summed E-state index contributed by atoms with van der Waals surface area (Å²) in [5, 5.41) is 10.8. The van der Waals surface area contributed by atoms with Gasteiger partial charge in [0.05, 0.1) is 0 Å². The summed E-state index contributed by atoms with van der Waals surface area (Å²) >= 11 is 8.42. The average molecular weight is 228 g/mol. The number of nitro groups is 1. The van der Waals surface area contributed by atoms with Crippen molar-refractivity contribution in [1.29, 1.82) is 0 Å². The Labute approximate surface area is 92.1 Å². The number of hydrazine groups is 1. The van der Waals surface area contributed by atoms with E-state index in [0.717, 1.165) is 10.6 Å². The number of thiol groups is 1. The van der Waals surface area contributed by atoms with Gasteiger partial charge in [0.25, 0.3) is 0 Å². The molecule has 0 aliphatic rings. The molecule has 0 bridgehead atoms. The largest absolute Gasteiger partial charge is 0.234 e. The summed E-state index contributed by atoms with van der Waals surface area (Å²) < 4.78 is -0.0427. The molecule has 0 aliphatic heterocycles. The van der Waals surface area contributed by atoms with Crippen LogP contribution in [-0.4, -0.2) is 14.4 Å². The van der Waals surface area contributed by atoms with Gasteiger partial charge in [0, 0.05) is 0 Å². The molecule has 0 N–H and O–H groups in total. The molecule has 0 aliphatic carbocycles. The van der Waals surface area contributed by atoms with Crippen LogP contribution in [0.25, 0.3) is 0 Å². The fourth-order valence-corrected chi connectivity index (χ4v) is 1.23. The molecule has 1 rings (SSSR count). The van der Waals surface area contributed by atoms with Crippen molar-refractivity contribution in [3.8, 4) is 0 Å². The van der Waals surface area contributed by atoms with Gasteiger partial charge < -0.3 is 0 Å². The maximum atomic E-state index is 10.5. The lowest BCUT2D eigenvalue weighted by atomic mass is 10.2. The molecule has 14 heavy (non-hydrogen) atoms. The minimum absolute atomic E-state index is 0.0427. The van der Waals surface area contributed by atoms with Crippen molar-refractivity contribution >= 4 is 29.2 Å². The molecule has 0 fully saturated rings. The first-order chi connectivity index (χ1) is 6.61. The van der Waals surface area contributed by atoms with Gasteiger partial charge in [0.1, 0.15) is 6.54 Å². The van der Waals surface area contributed by atoms with Crippen molar-refractivity contribution in [1.82, 2.24) is 5.01 Å². The van der Waals surface area contributed by atoms with Crippen LogP contribution < -0.4 is 0 Å². The van der Waals surface area contributed by atoms with E-state index in [1.54, 1.807) is 12.1 Å². The Morgan fingerprint density at radius 2 is 2.07 bits per heavy atom. The maximum absolute atomic E-state index is 10.5. The van der Waals surface area contributed by atoms with E-state index in [1.165, 1.54) is 0 Å². The Balaban J connectivity index is 2.75. The maximum Gasteiger partial charge on any atom is 0.198 e. The lowest BCUT2D eigenvalue weighted by Gasteiger charge is -2.10. The fraction of sp³-hybridized carbons (Fsp3) is 0.125. The molecule has 6 heteroatoms. The first-order valence-corrected chi connectivity index (χ1v) is 4.65. The second kappa shape index (κ2) is 4.92. The van der Waals surface area contributed by atoms with E-state index in [1.807, 2.05) is 18.2 Å². The fourth-order valence-electron chi connectivity index (χ4n) is 0.952. The summed E-state index contributed by atoms with van der Waals surface area (Å²) in [7, 11) is 0. The molecule has 0 atom stereocenters. The molecule has 74 valence electrons. The van der Waals surface area contributed by atoms with Gasteiger partial charge in [-0.1, -0.05) is 35.3 Å². The Hall–Kier alpha value is -1.14. The number of thiocarbonyl (C=S) groups is 1. The first kappa shape index (κ1) is 10.9. The van der Waals surface area contributed by atoms with Crippen LogP contribution in [0.2, 0.25) is 0 Å². The summed E-state index contributed by atoms with van der Waals surface area (Å²) in [6.07, 6.45) is 0. The van der Waals surface area contributed by atoms with Crippen LogP contribution in [0.3, 0.4) is 0 Å². The highest BCUT2D eigenvalue weighted by atomic mass is 32.1. The molecule has 0 unspecified atom stereocenters. The topological polar surface area (TPSA) is 46.4 Å². The smallest absolute Gasteiger partial charge is 0.198 e. The third-order valence-electron chi connectivity index (χ3n) is 1.59. The van der Waals surface area contributed by atoms with Crippen LogP contribution in [0.5, 0.6) is 0 Å². The normalized spacial score (nSPS) is 9.50. The van der Waals surface area contributed by atoms with Crippen LogP contribution in [0, 0.1) is 10.1 Å². The zero-order valence-corrected chi connectivity index (χ0v) is 8.87. The third kappa shape index (κ3) is 2.97. The van der Waals surface area contributed by atoms with Crippen LogP contribution in [0.4, 0.5) is 0 Å². The van der Waals surface area contributed by atoms with E-state index in [-0.39, 0.29) is 10.9 Å². The van der Waals surface area contributed by atoms with Gasteiger partial charge in [-0.2, -0.15) is 0 Å². The predicted octanol–water partition coefficient (Wildman–Crippen LogP) is 1.90. The van der Waals surface area contributed by atoms with Gasteiger partial charge in [-0.3, -0.25) is 0 Å². The number of hydrogen-bond donors (Lipinski definition) is 1. The van der Waals surface area contributed by atoms with Gasteiger partial charge in [-0.15, -0.1) is 12.6 Å². The van der Waals surface area contributed by atoms with E-state index < -0.39 is 5.03 Å². The number of rotatable bonds is 3. The summed E-state index contributed by atoms with van der Waals surface area (Å²) in [6, 6.07) is 9.06. The highest BCUT2D eigenvalue weighted by molar-refractivity contribution is 8.10. The highest BCUT2D eigenvalue weighted by Crippen LogP contribution is 2.06. The van der Waals surface area contributed by atoms with Crippen LogP contribution >= 0.6 is 24.8 Å². The number of nitrogens with zero attached hydrogens (tertiary/aromatic N) is 2. The molecule has 0 radical (unpaired) electrons. The SMILES string of the molecule is O=[N+]([O-])N(Cc1ccccc1)C(=S)S. The van der Waals surface area contributed by atoms with Crippen molar-refractivity contribution in [2.24, 2.45) is 0 Å². The predicted molar refractivity (Wildman–Crippen MR) is 60.6 cm³/mol. The minimum Gasteiger partial charge on any atom is -0.234 e. The Kier molecular flexibility index (Phi) is 3.84. The molecule has 1 aromatic rings. The van der Waals surface area contributed by atoms with Gasteiger partial charge in [-0.05, 0) is 17.8 Å². The van der Waals surface area contributed by atoms with Gasteiger partial charge in [0.2, 0.25) is 0 Å². The zero-order valence-electron chi connectivity index (χ0n) is 7.16. The van der Waals surface area contributed by atoms with Crippen molar-refractivity contribution in [2.75, 3.05) is 0 Å². The molecule has 0 saturated heterocycles. The van der Waals surface area contributed by atoms with Gasteiger partial charge in [0.15, 0.2) is 9.35 Å². The molecule has 0 saturated carbocycles. The average Bonchev–Trinajstić information content (AvgIpc) is 2.15. The Morgan fingerprint density at radius 1 is 1.50 bits per heavy atom. The monoisotopic (exact) mass is 228 g/mol. The van der Waals surface area contributed by atoms with Gasteiger partial charge >= 0.3 is 0 Å². The van der Waals surface area contributed by atoms with Crippen molar-refractivity contribution < 1.29 is 5.03 Å². The quantitative estimate of drug-likeness (QED) is 0.371. The first-order valence-electron chi connectivity index (χ1n) is 3.80. The number of benzene rings is 1. The summed E-state index contributed by atoms with van der Waals surface area (Å²) in [6.45, 7) is 0.135. The standard InChI is InChI=1S/C8H8N2O2S2/c11-10(12)9(8(13)14)6-7-4-2-1-3-5-7/h1-5H,6H2,(H,13,14). The molecule has 1 aromatic carbocycles. The summed E-state index contributed by atoms with van der Waals surface area (Å²) in [5.41, 5.74) is 0.820. The van der Waals surface area contributed by atoms with E-state index in [0.29, 0.717) is 0 Å². The summed E-state index contributed by atoms with van der Waals surface area (Å²) in [4.78, 5) is 10.5. The van der Waals surface area contributed by atoms with Crippen molar-refractivity contribution in [3.05, 3.63) is 46.0 Å². The minimum atomic E-state index is -0.567. The van der Waals surface area contributed by atoms with Crippen LogP contribution in [0.15, 0.2) is 30.3 Å². The molecule has 0 amide bonds. The lowest BCUT2D eigenvalue weighted by molar-refractivity contribution is -0.631. The molecule has 4 nitrogen and oxygen atoms in total. The van der Waals surface area contributed by atoms with Crippen LogP contribution in [0.1, 0.15) is 5.56 Å². The van der Waals surface area contributed by atoms with E-state index >= 15 is 0 Å². The van der Waals surface area contributed by atoms with E-state index in [2.05, 4.69) is 24.8 Å². The molecular formula is C8H8N2O2S2. The van der Waals surface area contributed by atoms with Gasteiger partial charge in [-0.25, -0.2) is 10.1 Å². The number of hydrogen-bond acceptors (Lipinski definition) is 3. The zero-order chi connectivity index (χ0) is 10.6. The molecule has 0 aromatic heterocycles. The second-order valence-electron chi connectivity index (χ2n) is 2.56. The summed E-state index contributed by atoms with van der Waals surface area (Å²) in [5.74, 6) is 0. The van der Waals surface area contributed by atoms with Crippen LogP contribution in [-0.2, 0) is 6.54 Å². The van der Waals surface area contributed by atoms with E-state index in [4.69, 9.17) is 0 Å². The lowest BCUT2D eigenvalue weighted by Crippen LogP contribution is -2.31. The van der Waals surface area contributed by atoms with E-state index in [9.17, 15) is 10.1 Å². The molecular weight excluding hydrogens is 220 g/mol.